The summed E-state index contributed by atoms with van der Waals surface area (Å²) >= 11 is 0. The first-order valence-corrected chi connectivity index (χ1v) is 8.46. The van der Waals surface area contributed by atoms with Gasteiger partial charge >= 0.3 is 0 Å². The van der Waals surface area contributed by atoms with Gasteiger partial charge in [0, 0.05) is 25.7 Å². The number of aliphatic hydroxyl groups excluding tert-OH is 1. The van der Waals surface area contributed by atoms with Gasteiger partial charge in [0.15, 0.2) is 0 Å². The summed E-state index contributed by atoms with van der Waals surface area (Å²) in [6.45, 7) is 5.00. The molecule has 2 rings (SSSR count). The maximum Gasteiger partial charge on any atom is 0.251 e. The van der Waals surface area contributed by atoms with Crippen LogP contribution in [0, 0.1) is 0 Å². The van der Waals surface area contributed by atoms with E-state index in [1.165, 1.54) is 0 Å². The van der Waals surface area contributed by atoms with Crippen molar-refractivity contribution in [2.45, 2.75) is 32.6 Å². The molecule has 5 heteroatoms. The van der Waals surface area contributed by atoms with Gasteiger partial charge in [-0.1, -0.05) is 24.3 Å². The molecular weight excluding hydrogens is 316 g/mol. The second-order valence-corrected chi connectivity index (χ2v) is 6.16. The van der Waals surface area contributed by atoms with Crippen molar-refractivity contribution in [2.24, 2.45) is 0 Å². The van der Waals surface area contributed by atoms with Gasteiger partial charge in [-0.15, -0.1) is 0 Å². The Balaban J connectivity index is 1.86. The molecule has 2 aromatic rings. The Bertz CT molecular complexity index is 684. The van der Waals surface area contributed by atoms with Crippen LogP contribution in [0.1, 0.15) is 41.4 Å². The van der Waals surface area contributed by atoms with Gasteiger partial charge in [0.1, 0.15) is 5.75 Å². The van der Waals surface area contributed by atoms with Crippen molar-refractivity contribution >= 4 is 5.91 Å². The number of hydrogen-bond acceptors (Lipinski definition) is 4. The highest BCUT2D eigenvalue weighted by atomic mass is 16.5. The lowest BCUT2D eigenvalue weighted by Gasteiger charge is -2.15. The quantitative estimate of drug-likeness (QED) is 0.690. The van der Waals surface area contributed by atoms with Crippen molar-refractivity contribution in [3.8, 4) is 5.75 Å². The molecule has 5 nitrogen and oxygen atoms in total. The van der Waals surface area contributed by atoms with Crippen molar-refractivity contribution in [3.63, 3.8) is 0 Å². The number of carbonyl (C=O) groups is 1. The third-order valence-electron chi connectivity index (χ3n) is 3.72. The number of ether oxygens (including phenoxy) is 1. The lowest BCUT2D eigenvalue weighted by atomic mass is 10.1. The Morgan fingerprint density at radius 2 is 1.88 bits per heavy atom. The van der Waals surface area contributed by atoms with Gasteiger partial charge in [-0.25, -0.2) is 0 Å². The minimum Gasteiger partial charge on any atom is -0.491 e. The first kappa shape index (κ1) is 19.0. The van der Waals surface area contributed by atoms with Crippen LogP contribution in [0.3, 0.4) is 0 Å². The van der Waals surface area contributed by atoms with E-state index < -0.39 is 6.10 Å². The maximum absolute atomic E-state index is 11.5. The Kier molecular flexibility index (Phi) is 6.98. The van der Waals surface area contributed by atoms with Crippen molar-refractivity contribution in [3.05, 3.63) is 65.2 Å². The summed E-state index contributed by atoms with van der Waals surface area (Å²) in [4.78, 5) is 11.5. The molecule has 0 bridgehead atoms. The predicted octanol–water partition coefficient (Wildman–Crippen LogP) is 2.66. The van der Waals surface area contributed by atoms with Crippen LogP contribution in [0.4, 0.5) is 0 Å². The molecule has 2 aromatic carbocycles. The molecule has 25 heavy (non-hydrogen) atoms. The second-order valence-electron chi connectivity index (χ2n) is 6.16. The van der Waals surface area contributed by atoms with Crippen LogP contribution in [0.5, 0.6) is 5.75 Å². The Morgan fingerprint density at radius 3 is 2.52 bits per heavy atom. The molecule has 0 saturated carbocycles. The fourth-order valence-electron chi connectivity index (χ4n) is 2.46. The van der Waals surface area contributed by atoms with Crippen LogP contribution in [-0.4, -0.2) is 30.7 Å². The smallest absolute Gasteiger partial charge is 0.251 e. The highest BCUT2D eigenvalue weighted by Crippen LogP contribution is 2.20. The summed E-state index contributed by atoms with van der Waals surface area (Å²) in [7, 11) is 1.61. The Hall–Kier alpha value is -2.37. The van der Waals surface area contributed by atoms with Crippen LogP contribution in [0.2, 0.25) is 0 Å². The van der Waals surface area contributed by atoms with E-state index in [1.807, 2.05) is 50.2 Å². The van der Waals surface area contributed by atoms with Crippen molar-refractivity contribution in [1.29, 1.82) is 0 Å². The highest BCUT2D eigenvalue weighted by molar-refractivity contribution is 5.93. The minimum atomic E-state index is -0.610. The zero-order valence-electron chi connectivity index (χ0n) is 15.0. The van der Waals surface area contributed by atoms with Crippen LogP contribution in [-0.2, 0) is 6.54 Å². The molecule has 0 aliphatic carbocycles. The average Bonchev–Trinajstić information content (AvgIpc) is 2.61. The molecule has 1 atom stereocenters. The largest absolute Gasteiger partial charge is 0.491 e. The van der Waals surface area contributed by atoms with Gasteiger partial charge in [-0.2, -0.15) is 0 Å². The molecule has 0 fully saturated rings. The molecule has 134 valence electrons. The second kappa shape index (κ2) is 9.20. The molecule has 0 aliphatic rings. The molecule has 0 heterocycles. The first-order valence-electron chi connectivity index (χ1n) is 8.46. The van der Waals surface area contributed by atoms with E-state index in [0.717, 1.165) is 16.9 Å². The molecule has 1 amide bonds. The summed E-state index contributed by atoms with van der Waals surface area (Å²) in [5.74, 6) is 0.662. The monoisotopic (exact) mass is 342 g/mol. The number of benzene rings is 2. The van der Waals surface area contributed by atoms with E-state index in [9.17, 15) is 9.90 Å². The van der Waals surface area contributed by atoms with E-state index in [1.54, 1.807) is 19.2 Å². The summed E-state index contributed by atoms with van der Waals surface area (Å²) in [5.41, 5.74) is 2.51. The average molecular weight is 342 g/mol. The lowest BCUT2D eigenvalue weighted by Crippen LogP contribution is -2.21. The van der Waals surface area contributed by atoms with Gasteiger partial charge in [-0.3, -0.25) is 4.79 Å². The molecule has 0 radical (unpaired) electrons. The van der Waals surface area contributed by atoms with E-state index in [-0.39, 0.29) is 12.0 Å². The minimum absolute atomic E-state index is 0.0987. The van der Waals surface area contributed by atoms with E-state index in [2.05, 4.69) is 10.6 Å². The summed E-state index contributed by atoms with van der Waals surface area (Å²) in [6, 6.07) is 14.9. The van der Waals surface area contributed by atoms with Gasteiger partial charge in [-0.05, 0) is 49.2 Å². The Morgan fingerprint density at radius 1 is 1.16 bits per heavy atom. The molecule has 1 unspecified atom stereocenters. The summed E-state index contributed by atoms with van der Waals surface area (Å²) in [6.07, 6.45) is -0.510. The maximum atomic E-state index is 11.5. The standard InChI is InChI=1S/C20H26N2O3/c1-14(2)25-18-6-4-5-17(11-18)19(23)13-22-12-15-7-9-16(10-8-15)20(24)21-3/h4-11,14,19,22-23H,12-13H2,1-3H3,(H,21,24). The number of nitrogens with one attached hydrogen (secondary N) is 2. The topological polar surface area (TPSA) is 70.6 Å². The van der Waals surface area contributed by atoms with Gasteiger partial charge < -0.3 is 20.5 Å². The van der Waals surface area contributed by atoms with Crippen LogP contribution >= 0.6 is 0 Å². The Labute approximate surface area is 149 Å². The van der Waals surface area contributed by atoms with Gasteiger partial charge in [0.05, 0.1) is 12.2 Å². The van der Waals surface area contributed by atoms with Crippen LogP contribution in [0.15, 0.2) is 48.5 Å². The molecular formula is C20H26N2O3. The van der Waals surface area contributed by atoms with Crippen molar-refractivity contribution < 1.29 is 14.6 Å². The lowest BCUT2D eigenvalue weighted by molar-refractivity contribution is 0.0963. The zero-order valence-corrected chi connectivity index (χ0v) is 15.0. The van der Waals surface area contributed by atoms with E-state index in [0.29, 0.717) is 18.7 Å². The van der Waals surface area contributed by atoms with E-state index in [4.69, 9.17) is 4.74 Å². The zero-order chi connectivity index (χ0) is 18.2. The summed E-state index contributed by atoms with van der Waals surface area (Å²) < 4.78 is 5.65. The van der Waals surface area contributed by atoms with Gasteiger partial charge in [0.2, 0.25) is 0 Å². The van der Waals surface area contributed by atoms with Crippen LogP contribution in [0.25, 0.3) is 0 Å². The molecule has 0 aromatic heterocycles. The third kappa shape index (κ3) is 5.89. The van der Waals surface area contributed by atoms with E-state index >= 15 is 0 Å². The predicted molar refractivity (Wildman–Crippen MR) is 98.7 cm³/mol. The van der Waals surface area contributed by atoms with Gasteiger partial charge in [0.25, 0.3) is 5.91 Å². The summed E-state index contributed by atoms with van der Waals surface area (Å²) in [5, 5.41) is 16.2. The number of amides is 1. The number of hydrogen-bond donors (Lipinski definition) is 3. The fourth-order valence-corrected chi connectivity index (χ4v) is 2.46. The molecule has 0 spiro atoms. The molecule has 3 N–H and O–H groups in total. The van der Waals surface area contributed by atoms with Crippen molar-refractivity contribution in [1.82, 2.24) is 10.6 Å². The number of aliphatic hydroxyl groups is 1. The normalized spacial score (nSPS) is 12.0. The molecule has 0 aliphatic heterocycles. The molecule has 0 saturated heterocycles. The first-order chi connectivity index (χ1) is 12.0. The SMILES string of the molecule is CNC(=O)c1ccc(CNCC(O)c2cccc(OC(C)C)c2)cc1. The number of carbonyl (C=O) groups excluding carboxylic acids is 1. The van der Waals surface area contributed by atoms with Crippen LogP contribution < -0.4 is 15.4 Å². The fraction of sp³-hybridized carbons (Fsp3) is 0.350. The highest BCUT2D eigenvalue weighted by Gasteiger charge is 2.09. The third-order valence-corrected chi connectivity index (χ3v) is 3.72. The number of rotatable bonds is 8. The van der Waals surface area contributed by atoms with Crippen molar-refractivity contribution in [2.75, 3.05) is 13.6 Å².